The van der Waals surface area contributed by atoms with Crippen LogP contribution in [-0.2, 0) is 17.8 Å². The lowest BCUT2D eigenvalue weighted by molar-refractivity contribution is -0.163. The van der Waals surface area contributed by atoms with Gasteiger partial charge in [-0.15, -0.1) is 0 Å². The fourth-order valence-corrected chi connectivity index (χ4v) is 14.3. The smallest absolute Gasteiger partial charge is 0.345 e. The second-order valence-corrected chi connectivity index (χ2v) is 17.8. The first-order valence-corrected chi connectivity index (χ1v) is 15.2. The molecule has 144 valence electrons. The predicted octanol–water partition coefficient (Wildman–Crippen LogP) is 6.31. The summed E-state index contributed by atoms with van der Waals surface area (Å²) in [4.78, 5) is 11.9. The van der Waals surface area contributed by atoms with Gasteiger partial charge < -0.3 is 8.43 Å². The molecule has 0 rings (SSSR count). The molecule has 0 aromatic rings. The summed E-state index contributed by atoms with van der Waals surface area (Å²) in [6.07, 6.45) is -5.24. The van der Waals surface area contributed by atoms with E-state index in [0.29, 0.717) is 36.3 Å². The Hall–Kier alpha value is 0.0438. The molecule has 0 aliphatic heterocycles. The molecule has 0 aliphatic carbocycles. The lowest BCUT2D eigenvalue weighted by Gasteiger charge is -2.37. The van der Waals surface area contributed by atoms with Gasteiger partial charge in [0.1, 0.15) is 0 Å². The molecule has 0 heterocycles. The van der Waals surface area contributed by atoms with E-state index in [2.05, 4.69) is 0 Å². The summed E-state index contributed by atoms with van der Waals surface area (Å²) in [5.74, 6) is 0. The summed E-state index contributed by atoms with van der Waals surface area (Å²) in [5.41, 5.74) is -2.35. The van der Waals surface area contributed by atoms with Gasteiger partial charge >= 0.3 is 19.3 Å². The van der Waals surface area contributed by atoms with Crippen LogP contribution in [0.15, 0.2) is 0 Å². The lowest BCUT2D eigenvalue weighted by atomic mass is 10.8. The lowest BCUT2D eigenvalue weighted by Crippen LogP contribution is -2.42. The maximum Gasteiger partial charge on any atom is 0.462 e. The van der Waals surface area contributed by atoms with Gasteiger partial charge in [0.05, 0.1) is 0 Å². The third-order valence-electron chi connectivity index (χ3n) is 4.98. The SMILES string of the molecule is CC[Si](CC)(CC)OP(=O)(O[Si](CC)(CC)CC)C(=O)C(F)(F)F. The van der Waals surface area contributed by atoms with Crippen molar-refractivity contribution in [3.05, 3.63) is 0 Å². The average molecular weight is 407 g/mol. The van der Waals surface area contributed by atoms with Crippen molar-refractivity contribution in [2.24, 2.45) is 0 Å². The Balaban J connectivity index is 6.05. The standard InChI is InChI=1S/C14H30F3O4PSi2/c1-7-23(8-2,9-3)20-22(19,13(18)14(15,16)17)21-24(10-4,11-5)12-6/h7-12H2,1-6H3. The van der Waals surface area contributed by atoms with Gasteiger partial charge in [-0.1, -0.05) is 41.5 Å². The molecule has 10 heteroatoms. The fraction of sp³-hybridized carbons (Fsp3) is 0.929. The number of alkyl halides is 3. The van der Waals surface area contributed by atoms with Crippen LogP contribution in [0.4, 0.5) is 13.2 Å². The molecule has 0 radical (unpaired) electrons. The first-order chi connectivity index (χ1) is 10.9. The third kappa shape index (κ3) is 5.52. The van der Waals surface area contributed by atoms with Crippen molar-refractivity contribution < 1.29 is 31.0 Å². The van der Waals surface area contributed by atoms with Crippen LogP contribution in [0.5, 0.6) is 0 Å². The van der Waals surface area contributed by atoms with Gasteiger partial charge in [0, 0.05) is 0 Å². The highest BCUT2D eigenvalue weighted by Gasteiger charge is 2.58. The monoisotopic (exact) mass is 406 g/mol. The highest BCUT2D eigenvalue weighted by Crippen LogP contribution is 2.59. The summed E-state index contributed by atoms with van der Waals surface area (Å²) in [6.45, 7) is 10.8. The van der Waals surface area contributed by atoms with Gasteiger partial charge in [-0.3, -0.25) is 9.36 Å². The zero-order valence-corrected chi connectivity index (χ0v) is 18.4. The van der Waals surface area contributed by atoms with Gasteiger partial charge in [0.25, 0.3) is 0 Å². The predicted molar refractivity (Wildman–Crippen MR) is 95.2 cm³/mol. The summed E-state index contributed by atoms with van der Waals surface area (Å²) >= 11 is 0. The van der Waals surface area contributed by atoms with Crippen LogP contribution in [0.2, 0.25) is 36.3 Å². The van der Waals surface area contributed by atoms with Crippen LogP contribution in [-0.4, -0.2) is 28.3 Å². The fourth-order valence-electron chi connectivity index (χ4n) is 2.65. The van der Waals surface area contributed by atoms with E-state index < -0.39 is 35.9 Å². The molecule has 0 unspecified atom stereocenters. The van der Waals surface area contributed by atoms with Gasteiger partial charge in [-0.25, -0.2) is 0 Å². The Bertz CT molecular complexity index is 421. The van der Waals surface area contributed by atoms with Crippen molar-refractivity contribution in [3.8, 4) is 0 Å². The normalized spacial score (nSPS) is 14.0. The minimum atomic E-state index is -5.24. The number of rotatable bonds is 11. The summed E-state index contributed by atoms with van der Waals surface area (Å²) in [6, 6.07) is 2.90. The second kappa shape index (κ2) is 9.12. The first-order valence-electron chi connectivity index (χ1n) is 8.56. The van der Waals surface area contributed by atoms with E-state index in [-0.39, 0.29) is 0 Å². The highest BCUT2D eigenvalue weighted by molar-refractivity contribution is 7.74. The quantitative estimate of drug-likeness (QED) is 0.298. The van der Waals surface area contributed by atoms with E-state index in [1.165, 1.54) is 0 Å². The molecule has 0 atom stereocenters. The summed E-state index contributed by atoms with van der Waals surface area (Å²) < 4.78 is 63.4. The van der Waals surface area contributed by atoms with Crippen LogP contribution in [0.25, 0.3) is 0 Å². The van der Waals surface area contributed by atoms with Gasteiger partial charge in [-0.2, -0.15) is 13.2 Å². The topological polar surface area (TPSA) is 52.6 Å². The molecule has 0 aromatic heterocycles. The Morgan fingerprint density at radius 3 is 1.21 bits per heavy atom. The second-order valence-electron chi connectivity index (χ2n) is 5.97. The number of halogens is 3. The maximum atomic E-state index is 13.1. The molecule has 0 bridgehead atoms. The minimum absolute atomic E-state index is 0.484. The van der Waals surface area contributed by atoms with Crippen LogP contribution < -0.4 is 0 Å². The Kier molecular flexibility index (Phi) is 9.13. The van der Waals surface area contributed by atoms with E-state index in [9.17, 15) is 22.5 Å². The van der Waals surface area contributed by atoms with E-state index in [1.807, 2.05) is 0 Å². The Morgan fingerprint density at radius 1 is 0.792 bits per heavy atom. The maximum absolute atomic E-state index is 13.1. The van der Waals surface area contributed by atoms with Crippen LogP contribution >= 0.6 is 7.60 Å². The molecule has 0 spiro atoms. The van der Waals surface area contributed by atoms with Crippen molar-refractivity contribution in [2.45, 2.75) is 84.0 Å². The zero-order valence-electron chi connectivity index (χ0n) is 15.5. The number of hydrogen-bond acceptors (Lipinski definition) is 4. The van der Waals surface area contributed by atoms with Crippen LogP contribution in [0.1, 0.15) is 41.5 Å². The van der Waals surface area contributed by atoms with Gasteiger partial charge in [-0.05, 0) is 36.3 Å². The molecule has 0 fully saturated rings. The average Bonchev–Trinajstić information content (AvgIpc) is 2.56. The van der Waals surface area contributed by atoms with E-state index in [1.54, 1.807) is 41.5 Å². The summed E-state index contributed by atoms with van der Waals surface area (Å²) in [5, 5.41) is 0. The molecule has 4 nitrogen and oxygen atoms in total. The van der Waals surface area contributed by atoms with Crippen LogP contribution in [0, 0.1) is 0 Å². The highest BCUT2D eigenvalue weighted by atomic mass is 31.2. The molecule has 0 N–H and O–H groups in total. The molecule has 0 amide bonds. The molecule has 0 aliphatic rings. The molecular weight excluding hydrogens is 376 g/mol. The molecule has 0 saturated carbocycles. The van der Waals surface area contributed by atoms with Gasteiger partial charge in [0.2, 0.25) is 16.6 Å². The minimum Gasteiger partial charge on any atom is -0.345 e. The molecule has 0 aromatic carbocycles. The van der Waals surface area contributed by atoms with E-state index in [0.717, 1.165) is 0 Å². The summed E-state index contributed by atoms with van der Waals surface area (Å²) in [7, 11) is -10.4. The Morgan fingerprint density at radius 2 is 1.04 bits per heavy atom. The van der Waals surface area contributed by atoms with E-state index >= 15 is 0 Å². The molecular formula is C14H30F3O4PSi2. The number of hydrogen-bond donors (Lipinski definition) is 0. The van der Waals surface area contributed by atoms with Gasteiger partial charge in [0.15, 0.2) is 0 Å². The van der Waals surface area contributed by atoms with Crippen molar-refractivity contribution in [1.82, 2.24) is 0 Å². The molecule has 24 heavy (non-hydrogen) atoms. The van der Waals surface area contributed by atoms with Crippen LogP contribution in [0.3, 0.4) is 0 Å². The Labute approximate surface area is 145 Å². The van der Waals surface area contributed by atoms with Crippen molar-refractivity contribution in [3.63, 3.8) is 0 Å². The number of carbonyl (C=O) groups is 1. The van der Waals surface area contributed by atoms with Crippen molar-refractivity contribution in [2.75, 3.05) is 0 Å². The molecule has 0 saturated heterocycles. The van der Waals surface area contributed by atoms with E-state index in [4.69, 9.17) is 8.43 Å². The first kappa shape index (κ1) is 24.0. The van der Waals surface area contributed by atoms with Crippen molar-refractivity contribution >= 4 is 29.8 Å². The zero-order chi connectivity index (χ0) is 19.2. The third-order valence-corrected chi connectivity index (χ3v) is 18.5. The number of carbonyl (C=O) groups excluding carboxylic acids is 1. The van der Waals surface area contributed by atoms with Crippen molar-refractivity contribution in [1.29, 1.82) is 0 Å². The largest absolute Gasteiger partial charge is 0.462 e.